The van der Waals surface area contributed by atoms with E-state index in [2.05, 4.69) is 10.1 Å². The summed E-state index contributed by atoms with van der Waals surface area (Å²) in [6, 6.07) is 4.34. The summed E-state index contributed by atoms with van der Waals surface area (Å²) in [6.45, 7) is 6.11. The molecule has 2 aromatic heterocycles. The Hall–Kier alpha value is -1.82. The molecule has 0 saturated carbocycles. The normalized spacial score (nSPS) is 20.2. The Balaban J connectivity index is 1.74. The molecule has 0 radical (unpaired) electrons. The van der Waals surface area contributed by atoms with Crippen LogP contribution in [0.5, 0.6) is 0 Å². The molecule has 1 fully saturated rings. The molecule has 1 atom stereocenters. The fourth-order valence-corrected chi connectivity index (χ4v) is 2.06. The van der Waals surface area contributed by atoms with Gasteiger partial charge in [-0.25, -0.2) is 0 Å². The summed E-state index contributed by atoms with van der Waals surface area (Å²) in [4.78, 5) is 6.45. The number of rotatable bonds is 3. The number of ether oxygens (including phenoxy) is 1. The molecule has 1 saturated heterocycles. The highest BCUT2D eigenvalue weighted by atomic mass is 16.5. The van der Waals surface area contributed by atoms with Crippen LogP contribution in [0, 0.1) is 0 Å². The van der Waals surface area contributed by atoms with E-state index in [0.717, 1.165) is 18.1 Å². The van der Waals surface area contributed by atoms with E-state index >= 15 is 0 Å². The lowest BCUT2D eigenvalue weighted by molar-refractivity contribution is 0.0238. The molecule has 1 unspecified atom stereocenters. The monoisotopic (exact) mass is 263 g/mol. The van der Waals surface area contributed by atoms with Crippen molar-refractivity contribution in [3.05, 3.63) is 30.0 Å². The average Bonchev–Trinajstić information content (AvgIpc) is 3.10. The average molecular weight is 263 g/mol. The minimum absolute atomic E-state index is 0.0850. The van der Waals surface area contributed by atoms with Crippen molar-refractivity contribution < 1.29 is 13.7 Å². The van der Waals surface area contributed by atoms with Crippen LogP contribution in [0.4, 0.5) is 6.01 Å². The maximum atomic E-state index is 5.70. The molecule has 3 heterocycles. The van der Waals surface area contributed by atoms with Gasteiger partial charge in [0, 0.05) is 12.5 Å². The molecule has 1 aliphatic heterocycles. The SMILES string of the molecule is CC(C)c1noc(N2CCOC(c3ccco3)C2)n1. The Morgan fingerprint density at radius 1 is 1.42 bits per heavy atom. The van der Waals surface area contributed by atoms with Crippen LogP contribution >= 0.6 is 0 Å². The zero-order valence-electron chi connectivity index (χ0n) is 11.1. The first-order valence-electron chi connectivity index (χ1n) is 6.47. The predicted octanol–water partition coefficient (Wildman–Crippen LogP) is 2.36. The minimum atomic E-state index is -0.0850. The molecule has 0 spiro atoms. The molecule has 0 N–H and O–H groups in total. The first-order valence-corrected chi connectivity index (χ1v) is 6.47. The highest BCUT2D eigenvalue weighted by Crippen LogP contribution is 2.26. The van der Waals surface area contributed by atoms with E-state index in [0.29, 0.717) is 19.2 Å². The van der Waals surface area contributed by atoms with Gasteiger partial charge >= 0.3 is 6.01 Å². The quantitative estimate of drug-likeness (QED) is 0.847. The highest BCUT2D eigenvalue weighted by molar-refractivity contribution is 5.27. The van der Waals surface area contributed by atoms with E-state index in [1.54, 1.807) is 6.26 Å². The smallest absolute Gasteiger partial charge is 0.324 e. The van der Waals surface area contributed by atoms with Crippen molar-refractivity contribution >= 4 is 6.01 Å². The van der Waals surface area contributed by atoms with Gasteiger partial charge in [-0.15, -0.1) is 0 Å². The van der Waals surface area contributed by atoms with Crippen molar-refractivity contribution in [3.63, 3.8) is 0 Å². The highest BCUT2D eigenvalue weighted by Gasteiger charge is 2.27. The minimum Gasteiger partial charge on any atom is -0.467 e. The number of nitrogens with zero attached hydrogens (tertiary/aromatic N) is 3. The number of hydrogen-bond donors (Lipinski definition) is 0. The van der Waals surface area contributed by atoms with Gasteiger partial charge in [0.25, 0.3) is 0 Å². The van der Waals surface area contributed by atoms with Crippen molar-refractivity contribution in [3.8, 4) is 0 Å². The molecule has 6 nitrogen and oxygen atoms in total. The van der Waals surface area contributed by atoms with Gasteiger partial charge in [-0.2, -0.15) is 4.98 Å². The van der Waals surface area contributed by atoms with Crippen molar-refractivity contribution in [1.82, 2.24) is 10.1 Å². The molecule has 2 aromatic rings. The van der Waals surface area contributed by atoms with Crippen LogP contribution in [-0.4, -0.2) is 29.8 Å². The van der Waals surface area contributed by atoms with Gasteiger partial charge in [-0.05, 0) is 12.1 Å². The summed E-state index contributed by atoms with van der Waals surface area (Å²) in [5, 5.41) is 3.99. The van der Waals surface area contributed by atoms with E-state index in [9.17, 15) is 0 Å². The summed E-state index contributed by atoms with van der Waals surface area (Å²) < 4.78 is 16.4. The summed E-state index contributed by atoms with van der Waals surface area (Å²) in [7, 11) is 0. The number of morpholine rings is 1. The molecule has 0 aromatic carbocycles. The summed E-state index contributed by atoms with van der Waals surface area (Å²) >= 11 is 0. The molecule has 0 amide bonds. The van der Waals surface area contributed by atoms with E-state index in [1.807, 2.05) is 30.9 Å². The Kier molecular flexibility index (Phi) is 3.25. The number of aromatic nitrogens is 2. The molecule has 6 heteroatoms. The second-order valence-electron chi connectivity index (χ2n) is 4.91. The summed E-state index contributed by atoms with van der Waals surface area (Å²) in [5.74, 6) is 1.82. The zero-order valence-corrected chi connectivity index (χ0v) is 11.1. The van der Waals surface area contributed by atoms with Gasteiger partial charge in [0.2, 0.25) is 0 Å². The van der Waals surface area contributed by atoms with Crippen LogP contribution in [0.25, 0.3) is 0 Å². The Bertz CT molecular complexity index is 521. The van der Waals surface area contributed by atoms with E-state index < -0.39 is 0 Å². The number of hydrogen-bond acceptors (Lipinski definition) is 6. The molecule has 0 bridgehead atoms. The van der Waals surface area contributed by atoms with Crippen LogP contribution in [0.15, 0.2) is 27.3 Å². The van der Waals surface area contributed by atoms with Gasteiger partial charge < -0.3 is 18.6 Å². The Labute approximate surface area is 111 Å². The van der Waals surface area contributed by atoms with E-state index in [-0.39, 0.29) is 12.0 Å². The van der Waals surface area contributed by atoms with E-state index in [1.165, 1.54) is 0 Å². The molecule has 19 heavy (non-hydrogen) atoms. The van der Waals surface area contributed by atoms with Gasteiger partial charge in [0.15, 0.2) is 5.82 Å². The molecular weight excluding hydrogens is 246 g/mol. The molecule has 102 valence electrons. The van der Waals surface area contributed by atoms with Crippen molar-refractivity contribution in [2.24, 2.45) is 0 Å². The molecular formula is C13H17N3O3. The summed E-state index contributed by atoms with van der Waals surface area (Å²) in [5.41, 5.74) is 0. The van der Waals surface area contributed by atoms with Crippen molar-refractivity contribution in [2.45, 2.75) is 25.9 Å². The van der Waals surface area contributed by atoms with Gasteiger partial charge in [-0.1, -0.05) is 19.0 Å². The van der Waals surface area contributed by atoms with Crippen LogP contribution in [-0.2, 0) is 4.74 Å². The fraction of sp³-hybridized carbons (Fsp3) is 0.538. The Morgan fingerprint density at radius 3 is 3.00 bits per heavy atom. The van der Waals surface area contributed by atoms with E-state index in [4.69, 9.17) is 13.7 Å². The summed E-state index contributed by atoms with van der Waals surface area (Å²) in [6.07, 6.45) is 1.57. The third-order valence-electron chi connectivity index (χ3n) is 3.14. The standard InChI is InChI=1S/C13H17N3O3/c1-9(2)12-14-13(19-15-12)16-5-7-18-11(8-16)10-4-3-6-17-10/h3-4,6,9,11H,5,7-8H2,1-2H3. The number of furan rings is 1. The first kappa shape index (κ1) is 12.2. The third kappa shape index (κ3) is 2.49. The second kappa shape index (κ2) is 5.05. The van der Waals surface area contributed by atoms with Gasteiger partial charge in [0.1, 0.15) is 11.9 Å². The molecule has 1 aliphatic rings. The van der Waals surface area contributed by atoms with Crippen LogP contribution in [0.3, 0.4) is 0 Å². The van der Waals surface area contributed by atoms with Gasteiger partial charge in [-0.3, -0.25) is 0 Å². The van der Waals surface area contributed by atoms with Crippen molar-refractivity contribution in [2.75, 3.05) is 24.6 Å². The number of anilines is 1. The predicted molar refractivity (Wildman–Crippen MR) is 68.0 cm³/mol. The molecule has 3 rings (SSSR count). The fourth-order valence-electron chi connectivity index (χ4n) is 2.06. The lowest BCUT2D eigenvalue weighted by Crippen LogP contribution is -2.38. The largest absolute Gasteiger partial charge is 0.467 e. The van der Waals surface area contributed by atoms with Crippen LogP contribution in [0.2, 0.25) is 0 Å². The first-order chi connectivity index (χ1) is 9.24. The lowest BCUT2D eigenvalue weighted by Gasteiger charge is -2.30. The van der Waals surface area contributed by atoms with Crippen LogP contribution < -0.4 is 4.90 Å². The van der Waals surface area contributed by atoms with Gasteiger partial charge in [0.05, 0.1) is 19.4 Å². The Morgan fingerprint density at radius 2 is 2.32 bits per heavy atom. The third-order valence-corrected chi connectivity index (χ3v) is 3.14. The maximum Gasteiger partial charge on any atom is 0.324 e. The van der Waals surface area contributed by atoms with Crippen LogP contribution in [0.1, 0.15) is 37.5 Å². The lowest BCUT2D eigenvalue weighted by atomic mass is 10.2. The molecule has 0 aliphatic carbocycles. The van der Waals surface area contributed by atoms with Crippen molar-refractivity contribution in [1.29, 1.82) is 0 Å². The topological polar surface area (TPSA) is 64.5 Å². The maximum absolute atomic E-state index is 5.70. The second-order valence-corrected chi connectivity index (χ2v) is 4.91. The zero-order chi connectivity index (χ0) is 13.2.